The number of carbonyl (C=O) groups excluding carboxylic acids is 1. The van der Waals surface area contributed by atoms with Crippen molar-refractivity contribution in [2.45, 2.75) is 20.0 Å². The van der Waals surface area contributed by atoms with Crippen LogP contribution in [0.25, 0.3) is 0 Å². The largest absolute Gasteiger partial charge is 0.366 e. The normalized spacial score (nSPS) is 10.5. The number of nitrogens with one attached hydrogen (secondary N) is 1. The van der Waals surface area contributed by atoms with Crippen molar-refractivity contribution in [2.24, 2.45) is 5.73 Å². The molecular formula is C13H15N3OS. The van der Waals surface area contributed by atoms with Crippen LogP contribution in [0.15, 0.2) is 30.5 Å². The Kier molecular flexibility index (Phi) is 4.07. The number of thiazole rings is 1. The maximum atomic E-state index is 11.0. The first-order valence-corrected chi connectivity index (χ1v) is 6.47. The standard InChI is InChI=1S/C13H15N3OS/c1-9-6-16-12(18-9)8-15-7-10-3-2-4-11(5-10)13(14)17/h2-6,15H,7-8H2,1H3,(H2,14,17). The summed E-state index contributed by atoms with van der Waals surface area (Å²) >= 11 is 1.68. The molecule has 4 nitrogen and oxygen atoms in total. The second kappa shape index (κ2) is 5.75. The lowest BCUT2D eigenvalue weighted by atomic mass is 10.1. The molecule has 94 valence electrons. The average molecular weight is 261 g/mol. The Bertz CT molecular complexity index is 551. The molecule has 0 aliphatic heterocycles. The van der Waals surface area contributed by atoms with Crippen LogP contribution in [0, 0.1) is 6.92 Å². The van der Waals surface area contributed by atoms with Crippen LogP contribution in [0.2, 0.25) is 0 Å². The van der Waals surface area contributed by atoms with Gasteiger partial charge in [-0.15, -0.1) is 11.3 Å². The Labute approximate surface area is 110 Å². The summed E-state index contributed by atoms with van der Waals surface area (Å²) in [4.78, 5) is 16.5. The zero-order valence-electron chi connectivity index (χ0n) is 10.1. The molecule has 0 atom stereocenters. The number of nitrogens with two attached hydrogens (primary N) is 1. The summed E-state index contributed by atoms with van der Waals surface area (Å²) in [6, 6.07) is 7.33. The molecule has 0 saturated carbocycles. The minimum absolute atomic E-state index is 0.396. The number of rotatable bonds is 5. The molecular weight excluding hydrogens is 246 g/mol. The number of aromatic nitrogens is 1. The van der Waals surface area contributed by atoms with Gasteiger partial charge in [-0.1, -0.05) is 12.1 Å². The molecule has 0 aliphatic rings. The summed E-state index contributed by atoms with van der Waals surface area (Å²) in [5.41, 5.74) is 6.82. The highest BCUT2D eigenvalue weighted by molar-refractivity contribution is 7.11. The van der Waals surface area contributed by atoms with E-state index in [1.807, 2.05) is 31.3 Å². The Morgan fingerprint density at radius 3 is 2.94 bits per heavy atom. The number of primary amides is 1. The van der Waals surface area contributed by atoms with Gasteiger partial charge in [-0.2, -0.15) is 0 Å². The molecule has 0 spiro atoms. The fourth-order valence-electron chi connectivity index (χ4n) is 1.63. The maximum Gasteiger partial charge on any atom is 0.248 e. The van der Waals surface area contributed by atoms with Gasteiger partial charge in [0.15, 0.2) is 0 Å². The molecule has 1 amide bonds. The zero-order valence-corrected chi connectivity index (χ0v) is 11.0. The molecule has 1 heterocycles. The van der Waals surface area contributed by atoms with E-state index < -0.39 is 5.91 Å². The molecule has 0 saturated heterocycles. The van der Waals surface area contributed by atoms with Gasteiger partial charge in [0.2, 0.25) is 5.91 Å². The molecule has 2 rings (SSSR count). The summed E-state index contributed by atoms with van der Waals surface area (Å²) < 4.78 is 0. The van der Waals surface area contributed by atoms with Gasteiger partial charge in [0.05, 0.1) is 0 Å². The quantitative estimate of drug-likeness (QED) is 0.863. The van der Waals surface area contributed by atoms with Crippen LogP contribution >= 0.6 is 11.3 Å². The van der Waals surface area contributed by atoms with Crippen LogP contribution in [-0.4, -0.2) is 10.9 Å². The van der Waals surface area contributed by atoms with Crippen molar-refractivity contribution in [3.05, 3.63) is 51.5 Å². The molecule has 0 bridgehead atoms. The van der Waals surface area contributed by atoms with Gasteiger partial charge in [-0.25, -0.2) is 4.98 Å². The van der Waals surface area contributed by atoms with E-state index >= 15 is 0 Å². The number of amides is 1. The minimum atomic E-state index is -0.396. The lowest BCUT2D eigenvalue weighted by molar-refractivity contribution is 0.1000. The highest BCUT2D eigenvalue weighted by Gasteiger charge is 2.02. The van der Waals surface area contributed by atoms with Crippen LogP contribution in [0.4, 0.5) is 0 Å². The fourth-order valence-corrected chi connectivity index (χ4v) is 2.39. The number of carbonyl (C=O) groups is 1. The van der Waals surface area contributed by atoms with Crippen molar-refractivity contribution in [3.63, 3.8) is 0 Å². The Morgan fingerprint density at radius 1 is 1.44 bits per heavy atom. The van der Waals surface area contributed by atoms with Crippen molar-refractivity contribution in [1.82, 2.24) is 10.3 Å². The van der Waals surface area contributed by atoms with Gasteiger partial charge in [0, 0.05) is 29.7 Å². The smallest absolute Gasteiger partial charge is 0.248 e. The number of nitrogens with zero attached hydrogens (tertiary/aromatic N) is 1. The molecule has 5 heteroatoms. The van der Waals surface area contributed by atoms with Gasteiger partial charge in [-0.3, -0.25) is 4.79 Å². The van der Waals surface area contributed by atoms with Crippen molar-refractivity contribution in [3.8, 4) is 0 Å². The van der Waals surface area contributed by atoms with Crippen molar-refractivity contribution >= 4 is 17.2 Å². The van der Waals surface area contributed by atoms with Crippen LogP contribution in [0.3, 0.4) is 0 Å². The number of hydrogen-bond acceptors (Lipinski definition) is 4. The van der Waals surface area contributed by atoms with Crippen molar-refractivity contribution in [1.29, 1.82) is 0 Å². The molecule has 0 unspecified atom stereocenters. The van der Waals surface area contributed by atoms with E-state index in [1.165, 1.54) is 4.88 Å². The molecule has 0 fully saturated rings. The van der Waals surface area contributed by atoms with E-state index in [-0.39, 0.29) is 0 Å². The zero-order chi connectivity index (χ0) is 13.0. The van der Waals surface area contributed by atoms with E-state index in [0.29, 0.717) is 12.1 Å². The summed E-state index contributed by atoms with van der Waals surface area (Å²) in [5.74, 6) is -0.396. The molecule has 1 aromatic heterocycles. The monoisotopic (exact) mass is 261 g/mol. The molecule has 18 heavy (non-hydrogen) atoms. The molecule has 1 aromatic carbocycles. The summed E-state index contributed by atoms with van der Waals surface area (Å²) in [6.07, 6.45) is 1.87. The third kappa shape index (κ3) is 3.38. The van der Waals surface area contributed by atoms with Crippen LogP contribution < -0.4 is 11.1 Å². The molecule has 2 aromatic rings. The maximum absolute atomic E-state index is 11.0. The highest BCUT2D eigenvalue weighted by Crippen LogP contribution is 2.11. The van der Waals surface area contributed by atoms with E-state index in [4.69, 9.17) is 5.73 Å². The summed E-state index contributed by atoms with van der Waals surface area (Å²) in [6.45, 7) is 3.47. The predicted octanol–water partition coefficient (Wildman–Crippen LogP) is 1.84. The third-order valence-corrected chi connectivity index (χ3v) is 3.40. The Hall–Kier alpha value is -1.72. The predicted molar refractivity (Wildman–Crippen MR) is 72.4 cm³/mol. The first-order chi connectivity index (χ1) is 8.65. The Morgan fingerprint density at radius 2 is 2.28 bits per heavy atom. The lowest BCUT2D eigenvalue weighted by Crippen LogP contribution is -2.14. The number of benzene rings is 1. The van der Waals surface area contributed by atoms with Crippen LogP contribution in [-0.2, 0) is 13.1 Å². The fraction of sp³-hybridized carbons (Fsp3) is 0.231. The highest BCUT2D eigenvalue weighted by atomic mass is 32.1. The molecule has 0 aliphatic carbocycles. The second-order valence-corrected chi connectivity index (χ2v) is 5.35. The third-order valence-electron chi connectivity index (χ3n) is 2.49. The number of hydrogen-bond donors (Lipinski definition) is 2. The molecule has 3 N–H and O–H groups in total. The van der Waals surface area contributed by atoms with Crippen molar-refractivity contribution < 1.29 is 4.79 Å². The minimum Gasteiger partial charge on any atom is -0.366 e. The number of aryl methyl sites for hydroxylation is 1. The van der Waals surface area contributed by atoms with Gasteiger partial charge < -0.3 is 11.1 Å². The summed E-state index contributed by atoms with van der Waals surface area (Å²) in [5, 5.41) is 4.36. The van der Waals surface area contributed by atoms with Gasteiger partial charge in [0.25, 0.3) is 0 Å². The lowest BCUT2D eigenvalue weighted by Gasteiger charge is -2.04. The van der Waals surface area contributed by atoms with E-state index in [0.717, 1.165) is 17.1 Å². The topological polar surface area (TPSA) is 68.0 Å². The molecule has 0 radical (unpaired) electrons. The SMILES string of the molecule is Cc1cnc(CNCc2cccc(C(N)=O)c2)s1. The first-order valence-electron chi connectivity index (χ1n) is 5.66. The van der Waals surface area contributed by atoms with E-state index in [1.54, 1.807) is 17.4 Å². The first kappa shape index (κ1) is 12.7. The van der Waals surface area contributed by atoms with E-state index in [9.17, 15) is 4.79 Å². The van der Waals surface area contributed by atoms with Crippen LogP contribution in [0.5, 0.6) is 0 Å². The Balaban J connectivity index is 1.90. The summed E-state index contributed by atoms with van der Waals surface area (Å²) in [7, 11) is 0. The van der Waals surface area contributed by atoms with Gasteiger partial charge in [-0.05, 0) is 24.6 Å². The van der Waals surface area contributed by atoms with Gasteiger partial charge >= 0.3 is 0 Å². The average Bonchev–Trinajstić information content (AvgIpc) is 2.75. The van der Waals surface area contributed by atoms with E-state index in [2.05, 4.69) is 10.3 Å². The van der Waals surface area contributed by atoms with Crippen molar-refractivity contribution in [2.75, 3.05) is 0 Å². The van der Waals surface area contributed by atoms with Crippen LogP contribution in [0.1, 0.15) is 25.8 Å². The van der Waals surface area contributed by atoms with Gasteiger partial charge in [0.1, 0.15) is 5.01 Å². The second-order valence-electron chi connectivity index (χ2n) is 4.03.